The predicted molar refractivity (Wildman–Crippen MR) is 135 cm³/mol. The molecule has 1 aliphatic rings. The molecule has 186 valence electrons. The molecule has 0 saturated carbocycles. The zero-order valence-corrected chi connectivity index (χ0v) is 20.5. The van der Waals surface area contributed by atoms with E-state index >= 15 is 0 Å². The van der Waals surface area contributed by atoms with Crippen LogP contribution in [0.15, 0.2) is 94.7 Å². The number of halogens is 3. The Labute approximate surface area is 216 Å². The van der Waals surface area contributed by atoms with Crippen LogP contribution in [0, 0.1) is 11.6 Å². The SMILES string of the molecule is O=C(Nc1cc(F)ccc1F)c1ccc2c(c1)N(Cc1cccc(Cl)c1)C(=O)c1ccccc1S2(=O)=O. The molecule has 10 heteroatoms. The Morgan fingerprint density at radius 2 is 1.68 bits per heavy atom. The van der Waals surface area contributed by atoms with Crippen LogP contribution in [-0.4, -0.2) is 20.2 Å². The Morgan fingerprint density at radius 1 is 0.892 bits per heavy atom. The van der Waals surface area contributed by atoms with Crippen molar-refractivity contribution in [3.05, 3.63) is 118 Å². The molecule has 1 heterocycles. The van der Waals surface area contributed by atoms with Crippen LogP contribution in [0.2, 0.25) is 5.02 Å². The minimum absolute atomic E-state index is 0.0199. The number of hydrogen-bond acceptors (Lipinski definition) is 4. The molecule has 5 rings (SSSR count). The van der Waals surface area contributed by atoms with E-state index in [-0.39, 0.29) is 38.8 Å². The fourth-order valence-corrected chi connectivity index (χ4v) is 5.95. The largest absolute Gasteiger partial charge is 0.319 e. The average Bonchev–Trinajstić information content (AvgIpc) is 2.94. The van der Waals surface area contributed by atoms with Crippen LogP contribution in [0.3, 0.4) is 0 Å². The lowest BCUT2D eigenvalue weighted by molar-refractivity contribution is 0.0979. The van der Waals surface area contributed by atoms with Crippen LogP contribution in [0.1, 0.15) is 26.3 Å². The number of nitrogens with zero attached hydrogens (tertiary/aromatic N) is 1. The number of nitrogens with one attached hydrogen (secondary N) is 1. The van der Waals surface area contributed by atoms with Crippen LogP contribution < -0.4 is 10.2 Å². The molecule has 2 amide bonds. The summed E-state index contributed by atoms with van der Waals surface area (Å²) >= 11 is 6.12. The smallest absolute Gasteiger partial charge is 0.259 e. The topological polar surface area (TPSA) is 83.6 Å². The number of carbonyl (C=O) groups is 2. The van der Waals surface area contributed by atoms with E-state index in [0.29, 0.717) is 10.6 Å². The third kappa shape index (κ3) is 4.59. The van der Waals surface area contributed by atoms with Gasteiger partial charge in [0.25, 0.3) is 11.8 Å². The van der Waals surface area contributed by atoms with Crippen molar-refractivity contribution in [1.82, 2.24) is 0 Å². The van der Waals surface area contributed by atoms with Crippen LogP contribution in [0.25, 0.3) is 0 Å². The highest BCUT2D eigenvalue weighted by Gasteiger charge is 2.36. The summed E-state index contributed by atoms with van der Waals surface area (Å²) in [4.78, 5) is 27.5. The van der Waals surface area contributed by atoms with Gasteiger partial charge in [0.15, 0.2) is 0 Å². The van der Waals surface area contributed by atoms with Gasteiger partial charge in [0, 0.05) is 16.7 Å². The number of sulfone groups is 1. The maximum atomic E-state index is 14.1. The second-order valence-electron chi connectivity index (χ2n) is 8.28. The van der Waals surface area contributed by atoms with E-state index in [1.807, 2.05) is 0 Å². The van der Waals surface area contributed by atoms with E-state index in [1.54, 1.807) is 30.3 Å². The Balaban J connectivity index is 1.65. The van der Waals surface area contributed by atoms with Crippen molar-refractivity contribution < 1.29 is 26.8 Å². The van der Waals surface area contributed by atoms with Gasteiger partial charge < -0.3 is 10.2 Å². The Hall–Kier alpha value is -4.08. The van der Waals surface area contributed by atoms with Gasteiger partial charge in [-0.25, -0.2) is 17.2 Å². The van der Waals surface area contributed by atoms with Crippen LogP contribution in [0.5, 0.6) is 0 Å². The lowest BCUT2D eigenvalue weighted by atomic mass is 10.1. The fourth-order valence-electron chi connectivity index (χ4n) is 4.11. The summed E-state index contributed by atoms with van der Waals surface area (Å²) in [7, 11) is -4.15. The zero-order valence-electron chi connectivity index (χ0n) is 18.9. The molecule has 0 aromatic heterocycles. The molecule has 0 aliphatic carbocycles. The van der Waals surface area contributed by atoms with Gasteiger partial charge in [0.1, 0.15) is 11.6 Å². The summed E-state index contributed by atoms with van der Waals surface area (Å²) < 4.78 is 54.8. The fraction of sp³-hybridized carbons (Fsp3) is 0.0370. The van der Waals surface area contributed by atoms with Gasteiger partial charge in [0.05, 0.1) is 33.3 Å². The van der Waals surface area contributed by atoms with E-state index in [1.165, 1.54) is 41.3 Å². The molecule has 0 spiro atoms. The minimum atomic E-state index is -4.15. The summed E-state index contributed by atoms with van der Waals surface area (Å²) in [6.45, 7) is -0.0418. The lowest BCUT2D eigenvalue weighted by Gasteiger charge is -2.23. The first-order valence-electron chi connectivity index (χ1n) is 11.0. The molecule has 4 aromatic rings. The second-order valence-corrected chi connectivity index (χ2v) is 10.6. The Kier molecular flexibility index (Phi) is 6.26. The van der Waals surface area contributed by atoms with Crippen LogP contribution in [-0.2, 0) is 16.4 Å². The van der Waals surface area contributed by atoms with Crippen molar-refractivity contribution in [2.45, 2.75) is 16.3 Å². The van der Waals surface area contributed by atoms with E-state index < -0.39 is 33.3 Å². The predicted octanol–water partition coefficient (Wildman–Crippen LogP) is 5.86. The first kappa shape index (κ1) is 24.6. The van der Waals surface area contributed by atoms with Crippen molar-refractivity contribution in [3.63, 3.8) is 0 Å². The number of hydrogen-bond donors (Lipinski definition) is 1. The number of benzene rings is 4. The molecule has 0 atom stereocenters. The van der Waals surface area contributed by atoms with Gasteiger partial charge >= 0.3 is 0 Å². The van der Waals surface area contributed by atoms with Crippen LogP contribution >= 0.6 is 11.6 Å². The molecule has 4 aromatic carbocycles. The van der Waals surface area contributed by atoms with E-state index in [2.05, 4.69) is 5.32 Å². The highest BCUT2D eigenvalue weighted by Crippen LogP contribution is 2.38. The van der Waals surface area contributed by atoms with Gasteiger partial charge in [-0.05, 0) is 60.2 Å². The van der Waals surface area contributed by atoms with Crippen molar-refractivity contribution in [3.8, 4) is 0 Å². The highest BCUT2D eigenvalue weighted by molar-refractivity contribution is 7.91. The molecule has 37 heavy (non-hydrogen) atoms. The van der Waals surface area contributed by atoms with Gasteiger partial charge in [-0.3, -0.25) is 9.59 Å². The summed E-state index contributed by atoms with van der Waals surface area (Å²) in [6, 6.07) is 18.9. The molecule has 0 saturated heterocycles. The van der Waals surface area contributed by atoms with Gasteiger partial charge in [-0.1, -0.05) is 35.9 Å². The van der Waals surface area contributed by atoms with Gasteiger partial charge in [0.2, 0.25) is 9.84 Å². The van der Waals surface area contributed by atoms with E-state index in [0.717, 1.165) is 18.2 Å². The highest BCUT2D eigenvalue weighted by atomic mass is 35.5. The second kappa shape index (κ2) is 9.42. The van der Waals surface area contributed by atoms with E-state index in [4.69, 9.17) is 11.6 Å². The molecule has 1 N–H and O–H groups in total. The zero-order chi connectivity index (χ0) is 26.3. The van der Waals surface area contributed by atoms with Crippen LogP contribution in [0.4, 0.5) is 20.2 Å². The molecule has 0 radical (unpaired) electrons. The standard InChI is InChI=1S/C27H17ClF2N2O4S/c28-18-5-3-4-16(12-18)15-32-23-13-17(26(33)31-22-14-19(29)9-10-21(22)30)8-11-25(23)37(35,36)24-7-2-1-6-20(24)27(32)34/h1-14H,15H2,(H,31,33). The minimum Gasteiger partial charge on any atom is -0.319 e. The summed E-state index contributed by atoms with van der Waals surface area (Å²) in [6.07, 6.45) is 0. The first-order chi connectivity index (χ1) is 17.6. The van der Waals surface area contributed by atoms with Crippen molar-refractivity contribution in [1.29, 1.82) is 0 Å². The number of rotatable bonds is 4. The number of amides is 2. The normalized spacial score (nSPS) is 13.9. The lowest BCUT2D eigenvalue weighted by Crippen LogP contribution is -2.30. The summed E-state index contributed by atoms with van der Waals surface area (Å²) in [5, 5.41) is 2.72. The maximum absolute atomic E-state index is 14.1. The number of fused-ring (bicyclic) bond motifs is 2. The Morgan fingerprint density at radius 3 is 2.46 bits per heavy atom. The summed E-state index contributed by atoms with van der Waals surface area (Å²) in [5.74, 6) is -3.01. The van der Waals surface area contributed by atoms with E-state index in [9.17, 15) is 26.8 Å². The molecule has 1 aliphatic heterocycles. The van der Waals surface area contributed by atoms with Crippen molar-refractivity contribution in [2.24, 2.45) is 0 Å². The first-order valence-corrected chi connectivity index (χ1v) is 12.8. The summed E-state index contributed by atoms with van der Waals surface area (Å²) in [5.41, 5.74) is 0.127. The quantitative estimate of drug-likeness (QED) is 0.352. The number of carbonyl (C=O) groups excluding carboxylic acids is 2. The van der Waals surface area contributed by atoms with Crippen molar-refractivity contribution >= 4 is 44.6 Å². The molecule has 0 bridgehead atoms. The monoisotopic (exact) mass is 538 g/mol. The molecular weight excluding hydrogens is 522 g/mol. The molecule has 0 unspecified atom stereocenters. The number of anilines is 2. The van der Waals surface area contributed by atoms with Gasteiger partial charge in [-0.2, -0.15) is 0 Å². The molecular formula is C27H17ClF2N2O4S. The molecule has 0 fully saturated rings. The molecule has 6 nitrogen and oxygen atoms in total. The van der Waals surface area contributed by atoms with Gasteiger partial charge in [-0.15, -0.1) is 0 Å². The maximum Gasteiger partial charge on any atom is 0.259 e. The third-order valence-electron chi connectivity index (χ3n) is 5.86. The van der Waals surface area contributed by atoms with Crippen molar-refractivity contribution in [2.75, 3.05) is 10.2 Å². The average molecular weight is 539 g/mol. The third-order valence-corrected chi connectivity index (χ3v) is 7.95. The Bertz CT molecular complexity index is 1690.